The molecule has 0 spiro atoms. The summed E-state index contributed by atoms with van der Waals surface area (Å²) in [4.78, 5) is 0. The quantitative estimate of drug-likeness (QED) is 0.432. The number of hydrogen-bond donors (Lipinski definition) is 4. The molecule has 4 heteroatoms. The molecule has 0 saturated carbocycles. The summed E-state index contributed by atoms with van der Waals surface area (Å²) in [5.41, 5.74) is 15.1. The van der Waals surface area contributed by atoms with E-state index in [1.807, 2.05) is 48.5 Å². The standard InChI is InChI=1S/C12H12N2.H3NO/c13-11-6-4-9(5-7-11)10-2-1-3-12(14)8-10;1-2/h1-8H,13-14H2;2H,1H2. The first-order chi connectivity index (χ1) is 7.75. The zero-order valence-corrected chi connectivity index (χ0v) is 8.80. The van der Waals surface area contributed by atoms with Gasteiger partial charge >= 0.3 is 0 Å². The third-order valence-electron chi connectivity index (χ3n) is 2.13. The minimum atomic E-state index is 0.776. The third-order valence-corrected chi connectivity index (χ3v) is 2.13. The maximum Gasteiger partial charge on any atom is 0.0320 e. The van der Waals surface area contributed by atoms with Crippen LogP contribution in [0.5, 0.6) is 0 Å². The minimum Gasteiger partial charge on any atom is -0.399 e. The lowest BCUT2D eigenvalue weighted by molar-refractivity contribution is 0.311. The van der Waals surface area contributed by atoms with E-state index in [9.17, 15) is 0 Å². The Bertz CT molecular complexity index is 440. The molecule has 4 nitrogen and oxygen atoms in total. The maximum absolute atomic E-state index is 6.50. The van der Waals surface area contributed by atoms with E-state index in [0.717, 1.165) is 22.5 Å². The van der Waals surface area contributed by atoms with Gasteiger partial charge in [0.1, 0.15) is 0 Å². The van der Waals surface area contributed by atoms with E-state index in [0.29, 0.717) is 0 Å². The van der Waals surface area contributed by atoms with Crippen LogP contribution in [0.15, 0.2) is 48.5 Å². The van der Waals surface area contributed by atoms with Crippen molar-refractivity contribution >= 4 is 11.4 Å². The Kier molecular flexibility index (Phi) is 4.32. The highest BCUT2D eigenvalue weighted by atomic mass is 16.4. The summed E-state index contributed by atoms with van der Waals surface area (Å²) in [5, 5.41) is 6.50. The Morgan fingerprint density at radius 3 is 1.88 bits per heavy atom. The van der Waals surface area contributed by atoms with E-state index in [1.54, 1.807) is 0 Å². The predicted octanol–water partition coefficient (Wildman–Crippen LogP) is 1.85. The van der Waals surface area contributed by atoms with Crippen LogP contribution in [-0.4, -0.2) is 5.21 Å². The van der Waals surface area contributed by atoms with E-state index >= 15 is 0 Å². The summed E-state index contributed by atoms with van der Waals surface area (Å²) >= 11 is 0. The minimum absolute atomic E-state index is 0.776. The third kappa shape index (κ3) is 2.98. The topological polar surface area (TPSA) is 98.3 Å². The Hall–Kier alpha value is -2.04. The van der Waals surface area contributed by atoms with Crippen molar-refractivity contribution in [1.82, 2.24) is 0 Å². The van der Waals surface area contributed by atoms with Crippen molar-refractivity contribution in [2.75, 3.05) is 11.5 Å². The van der Waals surface area contributed by atoms with E-state index in [4.69, 9.17) is 16.7 Å². The van der Waals surface area contributed by atoms with Crippen LogP contribution in [-0.2, 0) is 0 Å². The molecule has 2 aromatic rings. The fourth-order valence-corrected chi connectivity index (χ4v) is 1.39. The normalized spacial score (nSPS) is 9.12. The molecular weight excluding hydrogens is 202 g/mol. The van der Waals surface area contributed by atoms with E-state index in [2.05, 4.69) is 5.90 Å². The lowest BCUT2D eigenvalue weighted by Crippen LogP contribution is -1.86. The van der Waals surface area contributed by atoms with Crippen LogP contribution in [0.2, 0.25) is 0 Å². The van der Waals surface area contributed by atoms with Crippen molar-refractivity contribution in [3.63, 3.8) is 0 Å². The van der Waals surface area contributed by atoms with Gasteiger partial charge in [0, 0.05) is 11.4 Å². The Labute approximate surface area is 94.3 Å². The molecular formula is C12H15N3O. The van der Waals surface area contributed by atoms with Crippen molar-refractivity contribution in [3.8, 4) is 11.1 Å². The van der Waals surface area contributed by atoms with Gasteiger partial charge in [0.15, 0.2) is 0 Å². The van der Waals surface area contributed by atoms with Gasteiger partial charge in [-0.25, -0.2) is 5.90 Å². The Balaban J connectivity index is 0.000000606. The highest BCUT2D eigenvalue weighted by molar-refractivity contribution is 5.68. The monoisotopic (exact) mass is 217 g/mol. The van der Waals surface area contributed by atoms with E-state index in [-0.39, 0.29) is 0 Å². The van der Waals surface area contributed by atoms with E-state index < -0.39 is 0 Å². The molecule has 2 aromatic carbocycles. The second kappa shape index (κ2) is 5.75. The molecule has 0 aliphatic rings. The van der Waals surface area contributed by atoms with Crippen LogP contribution in [0.4, 0.5) is 11.4 Å². The highest BCUT2D eigenvalue weighted by Crippen LogP contribution is 2.22. The van der Waals surface area contributed by atoms with Gasteiger partial charge in [0.2, 0.25) is 0 Å². The number of nitrogens with two attached hydrogens (primary N) is 3. The SMILES string of the molecule is NO.Nc1ccc(-c2cccc(N)c2)cc1. The Morgan fingerprint density at radius 2 is 1.31 bits per heavy atom. The lowest BCUT2D eigenvalue weighted by atomic mass is 10.1. The van der Waals surface area contributed by atoms with Gasteiger partial charge in [0.25, 0.3) is 0 Å². The van der Waals surface area contributed by atoms with Crippen molar-refractivity contribution in [3.05, 3.63) is 48.5 Å². The molecule has 7 N–H and O–H groups in total. The van der Waals surface area contributed by atoms with Gasteiger partial charge in [-0.2, -0.15) is 0 Å². The average Bonchev–Trinajstić information content (AvgIpc) is 2.32. The van der Waals surface area contributed by atoms with Gasteiger partial charge in [-0.1, -0.05) is 24.3 Å². The zero-order chi connectivity index (χ0) is 12.0. The maximum atomic E-state index is 6.50. The molecule has 0 saturated heterocycles. The summed E-state index contributed by atoms with van der Waals surface area (Å²) in [5.74, 6) is 3.50. The zero-order valence-electron chi connectivity index (χ0n) is 8.80. The smallest absolute Gasteiger partial charge is 0.0320 e. The molecule has 0 heterocycles. The number of benzene rings is 2. The second-order valence-electron chi connectivity index (χ2n) is 3.25. The van der Waals surface area contributed by atoms with Gasteiger partial charge in [-0.15, -0.1) is 0 Å². The molecule has 84 valence electrons. The Morgan fingerprint density at radius 1 is 0.688 bits per heavy atom. The molecule has 0 unspecified atom stereocenters. The first-order valence-corrected chi connectivity index (χ1v) is 4.73. The van der Waals surface area contributed by atoms with Crippen molar-refractivity contribution in [2.45, 2.75) is 0 Å². The van der Waals surface area contributed by atoms with Gasteiger partial charge in [-0.3, -0.25) is 0 Å². The molecule has 0 aliphatic carbocycles. The fraction of sp³-hybridized carbons (Fsp3) is 0. The molecule has 0 fully saturated rings. The van der Waals surface area contributed by atoms with Crippen LogP contribution in [0.1, 0.15) is 0 Å². The molecule has 0 bridgehead atoms. The number of hydrogen-bond acceptors (Lipinski definition) is 4. The predicted molar refractivity (Wildman–Crippen MR) is 66.7 cm³/mol. The average molecular weight is 217 g/mol. The van der Waals surface area contributed by atoms with Gasteiger partial charge < -0.3 is 16.7 Å². The van der Waals surface area contributed by atoms with Gasteiger partial charge in [0.05, 0.1) is 0 Å². The fourth-order valence-electron chi connectivity index (χ4n) is 1.39. The molecule has 0 aliphatic heterocycles. The molecule has 2 rings (SSSR count). The van der Waals surface area contributed by atoms with Crippen molar-refractivity contribution in [2.24, 2.45) is 5.90 Å². The number of rotatable bonds is 1. The highest BCUT2D eigenvalue weighted by Gasteiger charge is 1.96. The summed E-state index contributed by atoms with van der Waals surface area (Å²) in [6.45, 7) is 0. The summed E-state index contributed by atoms with van der Waals surface area (Å²) in [6, 6.07) is 15.6. The number of nitrogen functional groups attached to an aromatic ring is 2. The molecule has 0 radical (unpaired) electrons. The van der Waals surface area contributed by atoms with Crippen LogP contribution in [0.25, 0.3) is 11.1 Å². The van der Waals surface area contributed by atoms with Crippen LogP contribution >= 0.6 is 0 Å². The summed E-state index contributed by atoms with van der Waals surface area (Å²) in [7, 11) is 0. The summed E-state index contributed by atoms with van der Waals surface area (Å²) < 4.78 is 0. The largest absolute Gasteiger partial charge is 0.399 e. The van der Waals surface area contributed by atoms with E-state index in [1.165, 1.54) is 0 Å². The molecule has 0 aromatic heterocycles. The molecule has 16 heavy (non-hydrogen) atoms. The lowest BCUT2D eigenvalue weighted by Gasteiger charge is -2.02. The molecule has 0 amide bonds. The summed E-state index contributed by atoms with van der Waals surface area (Å²) in [6.07, 6.45) is 0. The van der Waals surface area contributed by atoms with Crippen molar-refractivity contribution in [1.29, 1.82) is 0 Å². The second-order valence-corrected chi connectivity index (χ2v) is 3.25. The van der Waals surface area contributed by atoms with Gasteiger partial charge in [-0.05, 0) is 35.4 Å². The molecule has 0 atom stereocenters. The van der Waals surface area contributed by atoms with Crippen LogP contribution in [0.3, 0.4) is 0 Å². The first-order valence-electron chi connectivity index (χ1n) is 4.73. The van der Waals surface area contributed by atoms with Crippen LogP contribution in [0, 0.1) is 0 Å². The van der Waals surface area contributed by atoms with Crippen molar-refractivity contribution < 1.29 is 5.21 Å². The first kappa shape index (κ1) is 12.0. The van der Waals surface area contributed by atoms with Crippen LogP contribution < -0.4 is 17.4 Å². The number of anilines is 2.